The van der Waals surface area contributed by atoms with Gasteiger partial charge in [-0.1, -0.05) is 36.0 Å². The van der Waals surface area contributed by atoms with E-state index in [1.807, 2.05) is 32.9 Å². The number of esters is 1. The lowest BCUT2D eigenvalue weighted by atomic mass is 9.96. The summed E-state index contributed by atoms with van der Waals surface area (Å²) < 4.78 is 37.0. The van der Waals surface area contributed by atoms with E-state index in [-0.39, 0.29) is 0 Å². The Morgan fingerprint density at radius 2 is 1.72 bits per heavy atom. The number of benzene rings is 1. The molecular weight excluding hydrogens is 468 g/mol. The predicted octanol–water partition coefficient (Wildman–Crippen LogP) is 2.52. The quantitative estimate of drug-likeness (QED) is 0.238. The summed E-state index contributed by atoms with van der Waals surface area (Å²) in [6, 6.07) is 1.70. The maximum absolute atomic E-state index is 12.2. The molecule has 0 bridgehead atoms. The van der Waals surface area contributed by atoms with Gasteiger partial charge in [0.25, 0.3) is 0 Å². The molecule has 0 saturated carbocycles. The zero-order chi connectivity index (χ0) is 29.7. The zero-order valence-electron chi connectivity index (χ0n) is 23.8. The van der Waals surface area contributed by atoms with E-state index in [4.69, 9.17) is 23.4 Å². The normalized spacial score (nSPS) is 27.0. The molecular formula is C27H34O9. The third-order valence-corrected chi connectivity index (χ3v) is 5.84. The van der Waals surface area contributed by atoms with Crippen molar-refractivity contribution >= 4 is 18.0 Å². The van der Waals surface area contributed by atoms with Crippen molar-refractivity contribution in [3.8, 4) is 5.75 Å². The van der Waals surface area contributed by atoms with Gasteiger partial charge in [0.05, 0.1) is 11.2 Å². The molecule has 0 spiro atoms. The van der Waals surface area contributed by atoms with Crippen LogP contribution in [0.3, 0.4) is 0 Å². The summed E-state index contributed by atoms with van der Waals surface area (Å²) in [5, 5.41) is 38.5. The predicted molar refractivity (Wildman–Crippen MR) is 133 cm³/mol. The molecule has 0 amide bonds. The second-order valence-electron chi connectivity index (χ2n) is 8.62. The first-order valence-electron chi connectivity index (χ1n) is 12.7. The minimum atomic E-state index is -2.53. The number of hydrogen-bond donors (Lipinski definition) is 4. The number of aryl methyl sites for hydroxylation is 1. The highest BCUT2D eigenvalue weighted by molar-refractivity contribution is 5.83. The van der Waals surface area contributed by atoms with Crippen LogP contribution in [0.5, 0.6) is 5.75 Å². The van der Waals surface area contributed by atoms with E-state index in [1.54, 1.807) is 38.1 Å². The molecule has 196 valence electrons. The molecule has 0 aliphatic carbocycles. The summed E-state index contributed by atoms with van der Waals surface area (Å²) in [7, 11) is -2.53. The average Bonchev–Trinajstić information content (AvgIpc) is 2.81. The van der Waals surface area contributed by atoms with Gasteiger partial charge < -0.3 is 34.6 Å². The number of aliphatic carboxylic acids is 1. The Labute approximate surface area is 214 Å². The van der Waals surface area contributed by atoms with Crippen molar-refractivity contribution < 1.29 is 48.3 Å². The summed E-state index contributed by atoms with van der Waals surface area (Å²) in [6.45, 7) is 9.05. The number of aliphatic hydroxyl groups is 3. The summed E-state index contributed by atoms with van der Waals surface area (Å²) in [5.41, 5.74) is 4.79. The fourth-order valence-electron chi connectivity index (χ4n) is 3.58. The lowest BCUT2D eigenvalue weighted by molar-refractivity contribution is -0.284. The summed E-state index contributed by atoms with van der Waals surface area (Å²) in [6.07, 6.45) is 0.778. The molecule has 9 nitrogen and oxygen atoms in total. The number of carbonyl (C=O) groups excluding carboxylic acids is 1. The van der Waals surface area contributed by atoms with E-state index < -0.39 is 49.7 Å². The van der Waals surface area contributed by atoms with E-state index in [0.29, 0.717) is 11.3 Å². The fourth-order valence-corrected chi connectivity index (χ4v) is 3.58. The van der Waals surface area contributed by atoms with Gasteiger partial charge in [-0.3, -0.25) is 0 Å². The monoisotopic (exact) mass is 505 g/mol. The molecule has 1 heterocycles. The molecule has 1 aromatic carbocycles. The Morgan fingerprint density at radius 1 is 1.03 bits per heavy atom. The van der Waals surface area contributed by atoms with Gasteiger partial charge in [0, 0.05) is 6.08 Å². The lowest BCUT2D eigenvalue weighted by Crippen LogP contribution is -2.60. The molecule has 5 atom stereocenters. The Kier molecular flexibility index (Phi) is 8.59. The molecule has 1 aliphatic heterocycles. The van der Waals surface area contributed by atoms with Crippen LogP contribution in [0.4, 0.5) is 0 Å². The van der Waals surface area contributed by atoms with E-state index >= 15 is 0 Å². The molecule has 1 fully saturated rings. The Bertz CT molecular complexity index is 1200. The summed E-state index contributed by atoms with van der Waals surface area (Å²) in [4.78, 5) is 23.4. The van der Waals surface area contributed by atoms with Crippen LogP contribution in [-0.4, -0.2) is 70.1 Å². The van der Waals surface area contributed by atoms with Crippen LogP contribution < -0.4 is 4.74 Å². The Morgan fingerprint density at radius 3 is 2.36 bits per heavy atom. The molecule has 36 heavy (non-hydrogen) atoms. The molecule has 0 radical (unpaired) electrons. The molecule has 2 rings (SSSR count). The van der Waals surface area contributed by atoms with Gasteiger partial charge in [-0.25, -0.2) is 9.59 Å². The molecule has 0 aromatic heterocycles. The van der Waals surface area contributed by atoms with Crippen molar-refractivity contribution in [2.24, 2.45) is 0 Å². The first kappa shape index (κ1) is 24.5. The first-order chi connectivity index (χ1) is 18.0. The van der Waals surface area contributed by atoms with Gasteiger partial charge in [-0.05, 0) is 68.5 Å². The molecule has 9 heteroatoms. The van der Waals surface area contributed by atoms with Crippen molar-refractivity contribution in [3.05, 3.63) is 69.8 Å². The van der Waals surface area contributed by atoms with Crippen molar-refractivity contribution in [2.45, 2.75) is 65.3 Å². The maximum Gasteiger partial charge on any atom is 0.335 e. The third-order valence-electron chi connectivity index (χ3n) is 5.84. The van der Waals surface area contributed by atoms with Crippen LogP contribution in [0, 0.1) is 20.8 Å². The number of allylic oxidation sites excluding steroid dienone is 6. The third kappa shape index (κ3) is 7.14. The SMILES string of the molecule is [2H]C([2H])([2H])Oc1cc(C)c(/C=C/C(C)=C/C=C/C(C)=C\C(=O)O[C@@H]2O[C@H](C(=O)O)[C@@H](O)[C@H](O)[C@H]2O)c(C)c1C. The van der Waals surface area contributed by atoms with E-state index in [0.717, 1.165) is 33.9 Å². The van der Waals surface area contributed by atoms with E-state index in [2.05, 4.69) is 0 Å². The van der Waals surface area contributed by atoms with Crippen LogP contribution in [0.15, 0.2) is 47.6 Å². The van der Waals surface area contributed by atoms with Gasteiger partial charge in [-0.15, -0.1) is 0 Å². The van der Waals surface area contributed by atoms with E-state index in [1.165, 1.54) is 0 Å². The minimum absolute atomic E-state index is 0.318. The summed E-state index contributed by atoms with van der Waals surface area (Å²) in [5.74, 6) is -2.21. The van der Waals surface area contributed by atoms with Crippen molar-refractivity contribution in [3.63, 3.8) is 0 Å². The van der Waals surface area contributed by atoms with Crippen molar-refractivity contribution in [1.29, 1.82) is 0 Å². The van der Waals surface area contributed by atoms with Crippen LogP contribution in [-0.2, 0) is 19.1 Å². The number of methoxy groups -OCH3 is 1. The van der Waals surface area contributed by atoms with Crippen molar-refractivity contribution in [2.75, 3.05) is 7.04 Å². The molecule has 1 saturated heterocycles. The summed E-state index contributed by atoms with van der Waals surface area (Å²) >= 11 is 0. The highest BCUT2D eigenvalue weighted by Gasteiger charge is 2.48. The van der Waals surface area contributed by atoms with Crippen LogP contribution in [0.25, 0.3) is 6.08 Å². The molecule has 1 aromatic rings. The number of hydrogen-bond acceptors (Lipinski definition) is 8. The zero-order valence-corrected chi connectivity index (χ0v) is 20.8. The standard InChI is InChI=1S/C27H34O9/c1-14(10-11-19-16(3)13-20(34-6)18(5)17(19)4)8-7-9-15(2)12-21(28)35-27-24(31)22(29)23(30)25(36-27)26(32)33/h7-13,22-25,27,29-31H,1-6H3,(H,32,33)/b9-7+,11-10+,14-8+,15-12-/t22-,23-,24+,25-,27+/m0/s1/i6D3. The molecule has 4 N–H and O–H groups in total. The van der Waals surface area contributed by atoms with Crippen LogP contribution in [0.2, 0.25) is 0 Å². The topological polar surface area (TPSA) is 143 Å². The van der Waals surface area contributed by atoms with E-state index in [9.17, 15) is 24.9 Å². The van der Waals surface area contributed by atoms with Gasteiger partial charge in [-0.2, -0.15) is 0 Å². The average molecular weight is 506 g/mol. The van der Waals surface area contributed by atoms with Crippen LogP contribution >= 0.6 is 0 Å². The number of ether oxygens (including phenoxy) is 3. The minimum Gasteiger partial charge on any atom is -0.496 e. The Hall–Kier alpha value is -3.24. The Balaban J connectivity index is 2.05. The van der Waals surface area contributed by atoms with Gasteiger partial charge >= 0.3 is 11.9 Å². The van der Waals surface area contributed by atoms with Gasteiger partial charge in [0.1, 0.15) is 24.1 Å². The van der Waals surface area contributed by atoms with Crippen LogP contribution in [0.1, 0.15) is 40.2 Å². The number of carboxylic acids is 1. The fraction of sp³-hybridized carbons (Fsp3) is 0.407. The highest BCUT2D eigenvalue weighted by Crippen LogP contribution is 2.28. The number of aliphatic hydroxyl groups excluding tert-OH is 3. The number of carboxylic acid groups (broad SMARTS) is 1. The van der Waals surface area contributed by atoms with Gasteiger partial charge in [0.15, 0.2) is 6.10 Å². The lowest BCUT2D eigenvalue weighted by Gasteiger charge is -2.37. The van der Waals surface area contributed by atoms with Crippen molar-refractivity contribution in [1.82, 2.24) is 0 Å². The smallest absolute Gasteiger partial charge is 0.335 e. The second kappa shape index (κ2) is 12.6. The van der Waals surface area contributed by atoms with Gasteiger partial charge in [0.2, 0.25) is 6.29 Å². The highest BCUT2D eigenvalue weighted by atomic mass is 16.7. The number of carbonyl (C=O) groups is 2. The second-order valence-corrected chi connectivity index (χ2v) is 8.62. The first-order valence-corrected chi connectivity index (χ1v) is 11.2. The molecule has 0 unspecified atom stereocenters. The number of rotatable bonds is 8. The largest absolute Gasteiger partial charge is 0.496 e. The molecule has 1 aliphatic rings. The maximum atomic E-state index is 12.2.